The first-order valence-corrected chi connectivity index (χ1v) is 8.21. The van der Waals surface area contributed by atoms with Crippen molar-refractivity contribution in [1.82, 2.24) is 0 Å². The number of rotatable bonds is 13. The van der Waals surface area contributed by atoms with Gasteiger partial charge in [-0.2, -0.15) is 0 Å². The lowest BCUT2D eigenvalue weighted by Crippen LogP contribution is -1.79. The highest BCUT2D eigenvalue weighted by molar-refractivity contribution is 4.81. The second-order valence-corrected chi connectivity index (χ2v) is 5.19. The predicted molar refractivity (Wildman–Crippen MR) is 85.0 cm³/mol. The minimum absolute atomic E-state index is 1.19. The summed E-state index contributed by atoms with van der Waals surface area (Å²) in [6.45, 7) is 4.46. The van der Waals surface area contributed by atoms with Crippen LogP contribution in [0.25, 0.3) is 0 Å². The van der Waals surface area contributed by atoms with Gasteiger partial charge in [0, 0.05) is 0 Å². The number of hydrogen-bond donors (Lipinski definition) is 0. The maximum absolute atomic E-state index is 2.38. The molecule has 0 heteroatoms. The molecule has 0 saturated carbocycles. The van der Waals surface area contributed by atoms with Gasteiger partial charge in [-0.3, -0.25) is 0 Å². The summed E-state index contributed by atoms with van der Waals surface area (Å²) in [6, 6.07) is 0. The number of hydrogen-bond acceptors (Lipinski definition) is 0. The van der Waals surface area contributed by atoms with Crippen LogP contribution in [0.5, 0.6) is 0 Å². The molecule has 0 rings (SSSR count). The van der Waals surface area contributed by atoms with Crippen molar-refractivity contribution in [1.29, 1.82) is 0 Å². The molecule has 0 aromatic heterocycles. The van der Waals surface area contributed by atoms with E-state index in [1.165, 1.54) is 77.0 Å². The third-order valence-electron chi connectivity index (χ3n) is 3.28. The van der Waals surface area contributed by atoms with Gasteiger partial charge in [0.05, 0.1) is 0 Å². The van der Waals surface area contributed by atoms with Crippen molar-refractivity contribution in [3.63, 3.8) is 0 Å². The van der Waals surface area contributed by atoms with Crippen molar-refractivity contribution >= 4 is 0 Å². The third-order valence-corrected chi connectivity index (χ3v) is 3.28. The van der Waals surface area contributed by atoms with E-state index in [4.69, 9.17) is 0 Å². The predicted octanol–water partition coefficient (Wildman–Crippen LogP) is 6.82. The summed E-state index contributed by atoms with van der Waals surface area (Å²) in [5, 5.41) is 0. The van der Waals surface area contributed by atoms with Crippen molar-refractivity contribution in [2.75, 3.05) is 0 Å². The van der Waals surface area contributed by atoms with Crippen LogP contribution in [0, 0.1) is 0 Å². The monoisotopic (exact) mass is 250 g/mol. The van der Waals surface area contributed by atoms with Crippen LogP contribution in [0.15, 0.2) is 24.3 Å². The molecule has 0 saturated heterocycles. The van der Waals surface area contributed by atoms with Gasteiger partial charge in [-0.05, 0) is 38.5 Å². The molecular weight excluding hydrogens is 216 g/mol. The molecule has 0 atom stereocenters. The Labute approximate surface area is 116 Å². The van der Waals surface area contributed by atoms with Crippen LogP contribution >= 0.6 is 0 Å². The summed E-state index contributed by atoms with van der Waals surface area (Å²) < 4.78 is 0. The standard InChI is InChI=1S/C18H34/c1-3-5-7-9-11-13-15-17-18-16-14-12-10-8-6-4-2/h5,7,10,12H,3-4,6,8-9,11,13-18H2,1-2H3/b7-5+,12-10+. The highest BCUT2D eigenvalue weighted by Crippen LogP contribution is 2.09. The van der Waals surface area contributed by atoms with E-state index in [0.717, 1.165) is 0 Å². The van der Waals surface area contributed by atoms with Crippen LogP contribution in [0.4, 0.5) is 0 Å². The smallest absolute Gasteiger partial charge is 0.0351 e. The zero-order chi connectivity index (χ0) is 13.3. The van der Waals surface area contributed by atoms with Crippen LogP contribution in [0.1, 0.15) is 90.9 Å². The van der Waals surface area contributed by atoms with Crippen molar-refractivity contribution in [3.05, 3.63) is 24.3 Å². The maximum Gasteiger partial charge on any atom is -0.0351 e. The molecule has 0 aliphatic rings. The summed E-state index contributed by atoms with van der Waals surface area (Å²) in [7, 11) is 0. The van der Waals surface area contributed by atoms with Gasteiger partial charge in [-0.25, -0.2) is 0 Å². The van der Waals surface area contributed by atoms with Gasteiger partial charge in [-0.15, -0.1) is 0 Å². The number of unbranched alkanes of at least 4 members (excludes halogenated alkanes) is 9. The molecule has 0 fully saturated rings. The molecule has 0 radical (unpaired) electrons. The summed E-state index contributed by atoms with van der Waals surface area (Å²) >= 11 is 0. The lowest BCUT2D eigenvalue weighted by molar-refractivity contribution is 0.599. The van der Waals surface area contributed by atoms with Crippen molar-refractivity contribution in [2.45, 2.75) is 90.9 Å². The molecular formula is C18H34. The fraction of sp³-hybridized carbons (Fsp3) is 0.778. The van der Waals surface area contributed by atoms with Crippen LogP contribution in [-0.2, 0) is 0 Å². The molecule has 0 amide bonds. The summed E-state index contributed by atoms with van der Waals surface area (Å²) in [5.41, 5.74) is 0. The quantitative estimate of drug-likeness (QED) is 0.248. The Morgan fingerprint density at radius 1 is 0.500 bits per heavy atom. The Kier molecular flexibility index (Phi) is 16.0. The molecule has 0 aromatic rings. The average molecular weight is 250 g/mol. The van der Waals surface area contributed by atoms with E-state index in [0.29, 0.717) is 0 Å². The molecule has 0 nitrogen and oxygen atoms in total. The minimum Gasteiger partial charge on any atom is -0.0888 e. The minimum atomic E-state index is 1.19. The Bertz CT molecular complexity index is 188. The van der Waals surface area contributed by atoms with Crippen LogP contribution in [0.2, 0.25) is 0 Å². The Hall–Kier alpha value is -0.520. The number of allylic oxidation sites excluding steroid dienone is 4. The molecule has 0 aliphatic carbocycles. The zero-order valence-corrected chi connectivity index (χ0v) is 12.8. The first kappa shape index (κ1) is 17.5. The van der Waals surface area contributed by atoms with Gasteiger partial charge >= 0.3 is 0 Å². The van der Waals surface area contributed by atoms with Crippen LogP contribution in [0.3, 0.4) is 0 Å². The normalized spacial score (nSPS) is 11.9. The van der Waals surface area contributed by atoms with Crippen LogP contribution in [-0.4, -0.2) is 0 Å². The molecule has 0 aliphatic heterocycles. The molecule has 18 heavy (non-hydrogen) atoms. The topological polar surface area (TPSA) is 0 Å². The molecule has 0 unspecified atom stereocenters. The lowest BCUT2D eigenvalue weighted by atomic mass is 10.1. The SMILES string of the molecule is CC/C=C/CCCCCCCC/C=C/CCCC. The molecule has 0 aromatic carbocycles. The van der Waals surface area contributed by atoms with E-state index in [1.807, 2.05) is 0 Å². The summed E-state index contributed by atoms with van der Waals surface area (Å²) in [4.78, 5) is 0. The summed E-state index contributed by atoms with van der Waals surface area (Å²) in [6.07, 6.45) is 25.5. The molecule has 106 valence electrons. The van der Waals surface area contributed by atoms with E-state index in [2.05, 4.69) is 38.2 Å². The van der Waals surface area contributed by atoms with E-state index < -0.39 is 0 Å². The molecule has 0 N–H and O–H groups in total. The fourth-order valence-electron chi connectivity index (χ4n) is 2.07. The third kappa shape index (κ3) is 15.5. The second kappa shape index (κ2) is 16.5. The second-order valence-electron chi connectivity index (χ2n) is 5.19. The van der Waals surface area contributed by atoms with Gasteiger partial charge < -0.3 is 0 Å². The Balaban J connectivity index is 3.03. The highest BCUT2D eigenvalue weighted by Gasteiger charge is 1.89. The Morgan fingerprint density at radius 2 is 0.944 bits per heavy atom. The van der Waals surface area contributed by atoms with Crippen molar-refractivity contribution in [3.8, 4) is 0 Å². The van der Waals surface area contributed by atoms with Crippen LogP contribution < -0.4 is 0 Å². The molecule has 0 heterocycles. The van der Waals surface area contributed by atoms with E-state index in [9.17, 15) is 0 Å². The summed E-state index contributed by atoms with van der Waals surface area (Å²) in [5.74, 6) is 0. The van der Waals surface area contributed by atoms with Crippen molar-refractivity contribution in [2.24, 2.45) is 0 Å². The maximum atomic E-state index is 2.38. The zero-order valence-electron chi connectivity index (χ0n) is 12.8. The van der Waals surface area contributed by atoms with Gasteiger partial charge in [0.2, 0.25) is 0 Å². The highest BCUT2D eigenvalue weighted by atomic mass is 14.0. The van der Waals surface area contributed by atoms with Crippen molar-refractivity contribution < 1.29 is 0 Å². The first-order valence-electron chi connectivity index (χ1n) is 8.21. The molecule has 0 bridgehead atoms. The average Bonchev–Trinajstić information content (AvgIpc) is 2.39. The molecule has 0 spiro atoms. The Morgan fingerprint density at radius 3 is 1.44 bits per heavy atom. The van der Waals surface area contributed by atoms with Gasteiger partial charge in [0.15, 0.2) is 0 Å². The fourth-order valence-corrected chi connectivity index (χ4v) is 2.07. The largest absolute Gasteiger partial charge is 0.0888 e. The van der Waals surface area contributed by atoms with Gasteiger partial charge in [0.1, 0.15) is 0 Å². The van der Waals surface area contributed by atoms with Gasteiger partial charge in [-0.1, -0.05) is 76.7 Å². The van der Waals surface area contributed by atoms with Gasteiger partial charge in [0.25, 0.3) is 0 Å². The van der Waals surface area contributed by atoms with E-state index in [1.54, 1.807) is 0 Å². The lowest BCUT2D eigenvalue weighted by Gasteiger charge is -1.99. The first-order chi connectivity index (χ1) is 8.91. The van der Waals surface area contributed by atoms with E-state index in [-0.39, 0.29) is 0 Å². The van der Waals surface area contributed by atoms with E-state index >= 15 is 0 Å².